The normalized spacial score (nSPS) is 14.4. The number of phosphoric acid groups is 2. The lowest BCUT2D eigenvalue weighted by Gasteiger charge is -2.21. The van der Waals surface area contributed by atoms with E-state index in [0.717, 1.165) is 180 Å². The lowest BCUT2D eigenvalue weighted by atomic mass is 10.0. The van der Waals surface area contributed by atoms with Crippen molar-refractivity contribution in [2.75, 3.05) is 39.6 Å². The maximum absolute atomic E-state index is 13.1. The van der Waals surface area contributed by atoms with Crippen LogP contribution in [0.15, 0.2) is 109 Å². The van der Waals surface area contributed by atoms with Gasteiger partial charge in [0.2, 0.25) is 0 Å². The summed E-state index contributed by atoms with van der Waals surface area (Å²) >= 11 is 0. The standard InChI is InChI=1S/C87H152O17P2/c1-5-9-13-17-21-25-29-33-37-39-40-42-46-48-52-56-60-64-68-72-85(90)98-78-83(104-87(92)74-70-66-62-58-54-50-44-36-32-28-24-20-16-12-8-4)80-102-106(95,96)100-76-81(88)75-99-105(93,94)101-79-82(103-86(91)73-69-65-61-57-53-49-43-35-31-27-23-19-15-11-7-3)77-97-84(89)71-67-63-59-55-51-47-45-41-38-34-30-26-22-18-14-10-6-2/h9-10,13-14,21-22,25-26,33-35,37-38,40,42-43,48,52,81-83,88H,5-8,11-12,15-20,23-24,27-32,36,39,41,44-47,49-51,53-80H2,1-4H3,(H,93,94)(H,95,96)/b13-9-,14-10-,25-21-,26-22-,37-33-,38-34-,42-40-,43-35-,52-48-. The summed E-state index contributed by atoms with van der Waals surface area (Å²) in [5.41, 5.74) is 0. The van der Waals surface area contributed by atoms with Crippen LogP contribution >= 0.6 is 15.6 Å². The Morgan fingerprint density at radius 1 is 0.274 bits per heavy atom. The van der Waals surface area contributed by atoms with E-state index in [-0.39, 0.29) is 25.7 Å². The average Bonchev–Trinajstić information content (AvgIpc) is 0.909. The van der Waals surface area contributed by atoms with Crippen molar-refractivity contribution in [3.05, 3.63) is 109 Å². The first-order valence-electron chi connectivity index (χ1n) is 42.1. The zero-order valence-electron chi connectivity index (χ0n) is 67.1. The van der Waals surface area contributed by atoms with E-state index in [4.69, 9.17) is 37.0 Å². The number of allylic oxidation sites excluding steroid dienone is 18. The molecule has 0 aliphatic rings. The van der Waals surface area contributed by atoms with Crippen molar-refractivity contribution in [3.63, 3.8) is 0 Å². The molecule has 0 aromatic rings. The van der Waals surface area contributed by atoms with Crippen LogP contribution in [0.25, 0.3) is 0 Å². The smallest absolute Gasteiger partial charge is 0.462 e. The van der Waals surface area contributed by atoms with Crippen LogP contribution in [-0.4, -0.2) is 96.7 Å². The fourth-order valence-corrected chi connectivity index (χ4v) is 13.0. The molecule has 0 aliphatic heterocycles. The molecule has 0 heterocycles. The van der Waals surface area contributed by atoms with Crippen molar-refractivity contribution in [2.45, 2.75) is 380 Å². The van der Waals surface area contributed by atoms with Gasteiger partial charge in [-0.15, -0.1) is 0 Å². The number of carbonyl (C=O) groups is 4. The van der Waals surface area contributed by atoms with Crippen molar-refractivity contribution >= 4 is 39.5 Å². The van der Waals surface area contributed by atoms with Gasteiger partial charge < -0.3 is 33.8 Å². The minimum atomic E-state index is -4.99. The quantitative estimate of drug-likeness (QED) is 0.0169. The molecule has 106 heavy (non-hydrogen) atoms. The summed E-state index contributed by atoms with van der Waals surface area (Å²) in [6.07, 6.45) is 86.2. The molecule has 0 aromatic carbocycles. The molecule has 3 N–H and O–H groups in total. The highest BCUT2D eigenvalue weighted by Crippen LogP contribution is 2.45. The van der Waals surface area contributed by atoms with Crippen LogP contribution in [-0.2, 0) is 65.4 Å². The monoisotopic (exact) mass is 1530 g/mol. The second kappa shape index (κ2) is 78.8. The highest BCUT2D eigenvalue weighted by Gasteiger charge is 2.30. The van der Waals surface area contributed by atoms with Gasteiger partial charge in [-0.2, -0.15) is 0 Å². The number of unbranched alkanes of at least 4 members (excludes halogenated alkanes) is 35. The number of phosphoric ester groups is 2. The minimum absolute atomic E-state index is 0.0827. The van der Waals surface area contributed by atoms with E-state index in [9.17, 15) is 43.2 Å². The van der Waals surface area contributed by atoms with Crippen LogP contribution in [0.3, 0.4) is 0 Å². The SMILES string of the molecule is CC/C=C\C/C=C\C/C=C\C/C=C\C/C=C\CCCCCC(=O)OCC(COP(=O)(O)OCC(O)COP(=O)(O)OCC(COC(=O)CCCCCCCCC/C=C\C/C=C\C/C=C\CC)OC(=O)CCCCCCC/C=C\CCCCCCCC)OC(=O)CCCCCCCCCCCCCCCCC. The second-order valence-electron chi connectivity index (χ2n) is 28.0. The lowest BCUT2D eigenvalue weighted by Crippen LogP contribution is -2.30. The van der Waals surface area contributed by atoms with Crippen LogP contribution in [0, 0.1) is 0 Å². The molecule has 5 atom stereocenters. The molecule has 0 amide bonds. The summed E-state index contributed by atoms with van der Waals surface area (Å²) in [4.78, 5) is 73.2. The highest BCUT2D eigenvalue weighted by molar-refractivity contribution is 7.47. The van der Waals surface area contributed by atoms with Crippen molar-refractivity contribution in [2.24, 2.45) is 0 Å². The largest absolute Gasteiger partial charge is 0.472 e. The maximum Gasteiger partial charge on any atom is 0.472 e. The number of carbonyl (C=O) groups excluding carboxylic acids is 4. The second-order valence-corrected chi connectivity index (χ2v) is 30.9. The molecular formula is C87H152O17P2. The maximum atomic E-state index is 13.1. The van der Waals surface area contributed by atoms with Gasteiger partial charge in [-0.05, 0) is 128 Å². The molecule has 0 aliphatic carbocycles. The molecule has 5 unspecified atom stereocenters. The molecule has 612 valence electrons. The Labute approximate surface area is 645 Å². The van der Waals surface area contributed by atoms with Crippen molar-refractivity contribution in [1.29, 1.82) is 0 Å². The number of rotatable bonds is 79. The highest BCUT2D eigenvalue weighted by atomic mass is 31.2. The minimum Gasteiger partial charge on any atom is -0.462 e. The molecule has 0 aromatic heterocycles. The first-order chi connectivity index (χ1) is 51.7. The summed E-state index contributed by atoms with van der Waals surface area (Å²) in [5.74, 6) is -2.21. The van der Waals surface area contributed by atoms with E-state index in [0.29, 0.717) is 25.7 Å². The predicted octanol–water partition coefficient (Wildman–Crippen LogP) is 24.9. The van der Waals surface area contributed by atoms with Crippen LogP contribution < -0.4 is 0 Å². The van der Waals surface area contributed by atoms with E-state index in [1.165, 1.54) is 103 Å². The third kappa shape index (κ3) is 77.9. The molecule has 0 spiro atoms. The van der Waals surface area contributed by atoms with Crippen molar-refractivity contribution in [3.8, 4) is 0 Å². The lowest BCUT2D eigenvalue weighted by molar-refractivity contribution is -0.161. The molecule has 0 radical (unpaired) electrons. The number of ether oxygens (including phenoxy) is 4. The Morgan fingerprint density at radius 2 is 0.491 bits per heavy atom. The van der Waals surface area contributed by atoms with Gasteiger partial charge in [-0.1, -0.05) is 317 Å². The molecule has 0 fully saturated rings. The summed E-state index contributed by atoms with van der Waals surface area (Å²) in [6, 6.07) is 0. The molecule has 0 saturated heterocycles. The molecule has 0 saturated carbocycles. The third-order valence-electron chi connectivity index (χ3n) is 17.7. The average molecular weight is 1530 g/mol. The zero-order valence-corrected chi connectivity index (χ0v) is 68.9. The Bertz CT molecular complexity index is 2430. The Balaban J connectivity index is 5.39. The van der Waals surface area contributed by atoms with Crippen LogP contribution in [0.5, 0.6) is 0 Å². The fraction of sp³-hybridized carbons (Fsp3) is 0.747. The number of esters is 4. The first-order valence-corrected chi connectivity index (χ1v) is 45.1. The topological polar surface area (TPSA) is 237 Å². The number of hydrogen-bond acceptors (Lipinski definition) is 15. The molecule has 0 bridgehead atoms. The molecule has 17 nitrogen and oxygen atoms in total. The van der Waals surface area contributed by atoms with Gasteiger partial charge in [0.05, 0.1) is 26.4 Å². The van der Waals surface area contributed by atoms with E-state index in [2.05, 4.69) is 137 Å². The fourth-order valence-electron chi connectivity index (χ4n) is 11.4. The number of aliphatic hydroxyl groups excluding tert-OH is 1. The van der Waals surface area contributed by atoms with Crippen LogP contribution in [0.4, 0.5) is 0 Å². The van der Waals surface area contributed by atoms with Crippen LogP contribution in [0.1, 0.15) is 362 Å². The van der Waals surface area contributed by atoms with E-state index in [1.54, 1.807) is 0 Å². The van der Waals surface area contributed by atoms with Gasteiger partial charge in [0.15, 0.2) is 12.2 Å². The summed E-state index contributed by atoms with van der Waals surface area (Å²) in [7, 11) is -9.97. The predicted molar refractivity (Wildman–Crippen MR) is 436 cm³/mol. The Hall–Kier alpha value is -4.28. The molecule has 19 heteroatoms. The van der Waals surface area contributed by atoms with E-state index in [1.807, 2.05) is 0 Å². The first kappa shape index (κ1) is 102. The Morgan fingerprint density at radius 3 is 0.774 bits per heavy atom. The number of aliphatic hydroxyl groups is 1. The van der Waals surface area contributed by atoms with E-state index >= 15 is 0 Å². The van der Waals surface area contributed by atoms with Gasteiger partial charge in [0.1, 0.15) is 19.3 Å². The van der Waals surface area contributed by atoms with Crippen molar-refractivity contribution < 1.29 is 80.2 Å². The number of hydrogen-bond donors (Lipinski definition) is 3. The van der Waals surface area contributed by atoms with Crippen molar-refractivity contribution in [1.82, 2.24) is 0 Å². The molecular weight excluding hydrogens is 1380 g/mol. The van der Waals surface area contributed by atoms with Crippen LogP contribution in [0.2, 0.25) is 0 Å². The van der Waals surface area contributed by atoms with Gasteiger partial charge in [-0.3, -0.25) is 37.3 Å². The summed E-state index contributed by atoms with van der Waals surface area (Å²) in [6.45, 7) is 4.65. The van der Waals surface area contributed by atoms with Gasteiger partial charge in [0.25, 0.3) is 0 Å². The summed E-state index contributed by atoms with van der Waals surface area (Å²) < 4.78 is 68.8. The van der Waals surface area contributed by atoms with Gasteiger partial charge in [-0.25, -0.2) is 9.13 Å². The summed E-state index contributed by atoms with van der Waals surface area (Å²) in [5, 5.41) is 10.7. The molecule has 0 rings (SSSR count). The zero-order chi connectivity index (χ0) is 77.4. The third-order valence-corrected chi connectivity index (χ3v) is 19.6. The van der Waals surface area contributed by atoms with E-state index < -0.39 is 97.5 Å². The van der Waals surface area contributed by atoms with Gasteiger partial charge in [0, 0.05) is 25.7 Å². The Kier molecular flexibility index (Phi) is 75.6. The van der Waals surface area contributed by atoms with Gasteiger partial charge >= 0.3 is 39.5 Å².